The Hall–Kier alpha value is -1.78. The summed E-state index contributed by atoms with van der Waals surface area (Å²) in [6.45, 7) is 4.38. The van der Waals surface area contributed by atoms with Gasteiger partial charge < -0.3 is 0 Å². The molecule has 1 atom stereocenters. The maximum absolute atomic E-state index is 11.6. The Bertz CT molecular complexity index is 456. The molecular weight excluding hydrogens is 218 g/mol. The molecule has 0 amide bonds. The number of carbonyl (C=O) groups is 2. The Morgan fingerprint density at radius 1 is 1.53 bits per heavy atom. The number of aldehydes is 1. The van der Waals surface area contributed by atoms with Gasteiger partial charge in [0.15, 0.2) is 6.29 Å². The molecule has 1 aliphatic rings. The second-order valence-electron chi connectivity index (χ2n) is 3.78. The van der Waals surface area contributed by atoms with Crippen molar-refractivity contribution in [3.8, 4) is 0 Å². The Labute approximate surface area is 99.4 Å². The van der Waals surface area contributed by atoms with E-state index >= 15 is 0 Å². The second kappa shape index (κ2) is 5.03. The van der Waals surface area contributed by atoms with E-state index in [1.54, 1.807) is 6.08 Å². The van der Waals surface area contributed by atoms with Gasteiger partial charge in [-0.15, -0.1) is 6.58 Å². The molecule has 1 heterocycles. The molecule has 0 bridgehead atoms. The normalized spacial score (nSPS) is 18.7. The van der Waals surface area contributed by atoms with Gasteiger partial charge in [-0.2, -0.15) is 5.06 Å². The van der Waals surface area contributed by atoms with Gasteiger partial charge in [0.25, 0.3) is 0 Å². The summed E-state index contributed by atoms with van der Waals surface area (Å²) in [7, 11) is 0. The van der Waals surface area contributed by atoms with Crippen molar-refractivity contribution in [1.29, 1.82) is 0 Å². The van der Waals surface area contributed by atoms with Crippen LogP contribution < -0.4 is 0 Å². The standard InChI is InChI=1S/C13H13NO3/c1-2-7-17-14-8-10-5-3-4-6-11(10)13(14)12(16)9-15/h2-6,9,13H,1,7-8H2. The summed E-state index contributed by atoms with van der Waals surface area (Å²) in [5.41, 5.74) is 1.85. The van der Waals surface area contributed by atoms with Gasteiger partial charge in [-0.25, -0.2) is 0 Å². The first-order valence-electron chi connectivity index (χ1n) is 5.35. The van der Waals surface area contributed by atoms with E-state index in [2.05, 4.69) is 6.58 Å². The Morgan fingerprint density at radius 3 is 3.00 bits per heavy atom. The van der Waals surface area contributed by atoms with Crippen LogP contribution in [0.25, 0.3) is 0 Å². The summed E-state index contributed by atoms with van der Waals surface area (Å²) in [6.07, 6.45) is 1.95. The molecular formula is C13H13NO3. The molecule has 4 heteroatoms. The van der Waals surface area contributed by atoms with Gasteiger partial charge in [0.1, 0.15) is 6.04 Å². The van der Waals surface area contributed by atoms with Crippen LogP contribution in [0.1, 0.15) is 17.2 Å². The Morgan fingerprint density at radius 2 is 2.29 bits per heavy atom. The van der Waals surface area contributed by atoms with Gasteiger partial charge in [0, 0.05) is 0 Å². The topological polar surface area (TPSA) is 46.6 Å². The molecule has 1 aromatic carbocycles. The highest BCUT2D eigenvalue weighted by Gasteiger charge is 2.35. The largest absolute Gasteiger partial charge is 0.295 e. The van der Waals surface area contributed by atoms with Gasteiger partial charge >= 0.3 is 0 Å². The third-order valence-electron chi connectivity index (χ3n) is 2.71. The molecule has 17 heavy (non-hydrogen) atoms. The lowest BCUT2D eigenvalue weighted by molar-refractivity contribution is -0.182. The SMILES string of the molecule is C=CCON1Cc2ccccc2C1C(=O)C=O. The van der Waals surface area contributed by atoms with Crippen LogP contribution in [-0.4, -0.2) is 23.7 Å². The van der Waals surface area contributed by atoms with Crippen LogP contribution in [0.2, 0.25) is 0 Å². The quantitative estimate of drug-likeness (QED) is 0.437. The molecule has 0 saturated carbocycles. The number of Topliss-reactive ketones (excluding diaryl/α,β-unsaturated/α-hetero) is 1. The van der Waals surface area contributed by atoms with Crippen molar-refractivity contribution in [3.63, 3.8) is 0 Å². The lowest BCUT2D eigenvalue weighted by Crippen LogP contribution is -2.29. The third-order valence-corrected chi connectivity index (χ3v) is 2.71. The van der Waals surface area contributed by atoms with E-state index in [0.717, 1.165) is 11.1 Å². The summed E-state index contributed by atoms with van der Waals surface area (Å²) in [5, 5.41) is 1.53. The van der Waals surface area contributed by atoms with E-state index in [1.807, 2.05) is 24.3 Å². The molecule has 0 fully saturated rings. The van der Waals surface area contributed by atoms with Crippen LogP contribution in [0.4, 0.5) is 0 Å². The average Bonchev–Trinajstić information content (AvgIpc) is 2.73. The Kier molecular flexibility index (Phi) is 3.46. The molecule has 0 spiro atoms. The van der Waals surface area contributed by atoms with Crippen molar-refractivity contribution in [3.05, 3.63) is 48.0 Å². The zero-order chi connectivity index (χ0) is 12.3. The minimum absolute atomic E-state index is 0.316. The fourth-order valence-electron chi connectivity index (χ4n) is 1.99. The minimum atomic E-state index is -0.622. The first-order valence-corrected chi connectivity index (χ1v) is 5.35. The highest BCUT2D eigenvalue weighted by atomic mass is 16.7. The van der Waals surface area contributed by atoms with Gasteiger partial charge in [-0.05, 0) is 11.1 Å². The number of carbonyl (C=O) groups excluding carboxylic acids is 2. The van der Waals surface area contributed by atoms with Crippen LogP contribution in [0.5, 0.6) is 0 Å². The first-order chi connectivity index (χ1) is 8.27. The Balaban J connectivity index is 2.29. The number of benzene rings is 1. The molecule has 4 nitrogen and oxygen atoms in total. The summed E-state index contributed by atoms with van der Waals surface area (Å²) in [4.78, 5) is 27.7. The van der Waals surface area contributed by atoms with Crippen molar-refractivity contribution in [2.45, 2.75) is 12.6 Å². The van der Waals surface area contributed by atoms with Gasteiger partial charge in [-0.1, -0.05) is 30.3 Å². The van der Waals surface area contributed by atoms with Crippen molar-refractivity contribution in [1.82, 2.24) is 5.06 Å². The van der Waals surface area contributed by atoms with Crippen molar-refractivity contribution >= 4 is 12.1 Å². The number of hydroxylamine groups is 2. The molecule has 0 N–H and O–H groups in total. The zero-order valence-corrected chi connectivity index (χ0v) is 9.33. The van der Waals surface area contributed by atoms with Crippen molar-refractivity contribution in [2.75, 3.05) is 6.61 Å². The van der Waals surface area contributed by atoms with Gasteiger partial charge in [-0.3, -0.25) is 14.4 Å². The molecule has 0 aliphatic carbocycles. The molecule has 0 radical (unpaired) electrons. The van der Waals surface area contributed by atoms with E-state index in [-0.39, 0.29) is 0 Å². The average molecular weight is 231 g/mol. The molecule has 0 aromatic heterocycles. The minimum Gasteiger partial charge on any atom is -0.295 e. The summed E-state index contributed by atoms with van der Waals surface area (Å²) < 4.78 is 0. The van der Waals surface area contributed by atoms with Crippen molar-refractivity contribution < 1.29 is 14.4 Å². The lowest BCUT2D eigenvalue weighted by atomic mass is 10.0. The maximum atomic E-state index is 11.6. The van der Waals surface area contributed by atoms with Crippen LogP contribution >= 0.6 is 0 Å². The monoisotopic (exact) mass is 231 g/mol. The summed E-state index contributed by atoms with van der Waals surface area (Å²) in [5.74, 6) is -0.487. The molecule has 1 aromatic rings. The highest BCUT2D eigenvalue weighted by molar-refractivity contribution is 6.27. The lowest BCUT2D eigenvalue weighted by Gasteiger charge is -2.20. The van der Waals surface area contributed by atoms with E-state index in [1.165, 1.54) is 5.06 Å². The molecule has 1 unspecified atom stereocenters. The zero-order valence-electron chi connectivity index (χ0n) is 9.33. The molecule has 0 saturated heterocycles. The van der Waals surface area contributed by atoms with E-state index < -0.39 is 11.8 Å². The highest BCUT2D eigenvalue weighted by Crippen LogP contribution is 2.33. The fourth-order valence-corrected chi connectivity index (χ4v) is 1.99. The predicted molar refractivity (Wildman–Crippen MR) is 61.9 cm³/mol. The van der Waals surface area contributed by atoms with Crippen LogP contribution in [-0.2, 0) is 21.0 Å². The molecule has 1 aliphatic heterocycles. The molecule has 2 rings (SSSR count). The van der Waals surface area contributed by atoms with Gasteiger partial charge in [0.05, 0.1) is 13.2 Å². The van der Waals surface area contributed by atoms with Crippen LogP contribution in [0, 0.1) is 0 Å². The summed E-state index contributed by atoms with van der Waals surface area (Å²) >= 11 is 0. The van der Waals surface area contributed by atoms with Gasteiger partial charge in [0.2, 0.25) is 5.78 Å². The predicted octanol–water partition coefficient (Wildman–Crippen LogP) is 1.43. The maximum Gasteiger partial charge on any atom is 0.219 e. The number of hydrogen-bond donors (Lipinski definition) is 0. The fraction of sp³-hybridized carbons (Fsp3) is 0.231. The van der Waals surface area contributed by atoms with Crippen LogP contribution in [0.3, 0.4) is 0 Å². The van der Waals surface area contributed by atoms with Crippen LogP contribution in [0.15, 0.2) is 36.9 Å². The number of rotatable bonds is 5. The van der Waals surface area contributed by atoms with E-state index in [4.69, 9.17) is 4.84 Å². The molecule has 88 valence electrons. The summed E-state index contributed by atoms with van der Waals surface area (Å²) in [6, 6.07) is 6.90. The third kappa shape index (κ3) is 2.18. The second-order valence-corrected chi connectivity index (χ2v) is 3.78. The number of hydrogen-bond acceptors (Lipinski definition) is 4. The van der Waals surface area contributed by atoms with E-state index in [0.29, 0.717) is 19.4 Å². The van der Waals surface area contributed by atoms with Crippen molar-refractivity contribution in [2.24, 2.45) is 0 Å². The number of nitrogens with zero attached hydrogens (tertiary/aromatic N) is 1. The number of ketones is 1. The smallest absolute Gasteiger partial charge is 0.219 e. The number of fused-ring (bicyclic) bond motifs is 1. The first kappa shape index (κ1) is 11.7. The van der Waals surface area contributed by atoms with E-state index in [9.17, 15) is 9.59 Å².